The zero-order valence-electron chi connectivity index (χ0n) is 4.86. The van der Waals surface area contributed by atoms with E-state index in [1.165, 1.54) is 6.20 Å². The maximum Gasteiger partial charge on any atom is 0.327 e. The molecule has 0 radical (unpaired) electrons. The van der Waals surface area contributed by atoms with E-state index in [4.69, 9.17) is 5.11 Å². The molecule has 5 nitrogen and oxygen atoms in total. The molecule has 0 bridgehead atoms. The van der Waals surface area contributed by atoms with Crippen molar-refractivity contribution < 1.29 is 9.90 Å². The number of hydrogen-bond donors (Lipinski definition) is 1. The number of carbonyl (C=O) groups is 1. The van der Waals surface area contributed by atoms with Gasteiger partial charge in [0.25, 0.3) is 0 Å². The van der Waals surface area contributed by atoms with Crippen molar-refractivity contribution in [3.8, 4) is 0 Å². The summed E-state index contributed by atoms with van der Waals surface area (Å²) in [6, 6.07) is 0. The highest BCUT2D eigenvalue weighted by Crippen LogP contribution is 1.99. The Hall–Kier alpha value is -0.910. The second kappa shape index (κ2) is 2.78. The van der Waals surface area contributed by atoms with Gasteiger partial charge in [-0.1, -0.05) is 0 Å². The van der Waals surface area contributed by atoms with Gasteiger partial charge in [-0.05, 0) is 15.9 Å². The van der Waals surface area contributed by atoms with Crippen molar-refractivity contribution in [2.75, 3.05) is 0 Å². The summed E-state index contributed by atoms with van der Waals surface area (Å²) in [4.78, 5) is 11.2. The first kappa shape index (κ1) is 7.20. The van der Waals surface area contributed by atoms with Gasteiger partial charge in [0.05, 0.1) is 6.20 Å². The lowest BCUT2D eigenvalue weighted by Gasteiger charge is -1.89. The molecule has 1 N–H and O–H groups in total. The molecule has 0 aliphatic heterocycles. The van der Waals surface area contributed by atoms with Crippen molar-refractivity contribution in [1.82, 2.24) is 15.0 Å². The van der Waals surface area contributed by atoms with Crippen molar-refractivity contribution in [3.05, 3.63) is 10.8 Å². The van der Waals surface area contributed by atoms with Gasteiger partial charge in [0.2, 0.25) is 0 Å². The van der Waals surface area contributed by atoms with E-state index in [-0.39, 0.29) is 6.54 Å². The summed E-state index contributed by atoms with van der Waals surface area (Å²) >= 11 is 3.03. The number of hydrogen-bond acceptors (Lipinski definition) is 3. The summed E-state index contributed by atoms with van der Waals surface area (Å²) in [5.74, 6) is -0.955. The molecule has 10 heavy (non-hydrogen) atoms. The van der Waals surface area contributed by atoms with E-state index in [2.05, 4.69) is 26.1 Å². The standard InChI is InChI=1S/C4H4BrN3O2/c5-3-1-6-8(7-3)2-4(9)10/h1H,2H2,(H,9,10). The molecule has 0 saturated carbocycles. The quantitative estimate of drug-likeness (QED) is 0.746. The topological polar surface area (TPSA) is 68.0 Å². The first-order chi connectivity index (χ1) is 4.68. The van der Waals surface area contributed by atoms with Crippen molar-refractivity contribution >= 4 is 21.9 Å². The third-order valence-corrected chi connectivity index (χ3v) is 1.15. The number of nitrogens with zero attached hydrogens (tertiary/aromatic N) is 3. The van der Waals surface area contributed by atoms with Crippen molar-refractivity contribution in [2.45, 2.75) is 6.54 Å². The van der Waals surface area contributed by atoms with Crippen LogP contribution in [0.15, 0.2) is 10.8 Å². The Labute approximate surface area is 64.8 Å². The molecule has 6 heteroatoms. The van der Waals surface area contributed by atoms with Gasteiger partial charge < -0.3 is 5.11 Å². The minimum atomic E-state index is -0.955. The van der Waals surface area contributed by atoms with Gasteiger partial charge in [0, 0.05) is 0 Å². The average Bonchev–Trinajstić information content (AvgIpc) is 2.13. The number of aromatic nitrogens is 3. The van der Waals surface area contributed by atoms with E-state index in [1.54, 1.807) is 0 Å². The molecule has 1 heterocycles. The van der Waals surface area contributed by atoms with E-state index < -0.39 is 5.97 Å². The van der Waals surface area contributed by atoms with E-state index in [0.717, 1.165) is 4.80 Å². The number of carboxylic acid groups (broad SMARTS) is 1. The minimum absolute atomic E-state index is 0.203. The first-order valence-electron chi connectivity index (χ1n) is 2.46. The predicted molar refractivity (Wildman–Crippen MR) is 35.4 cm³/mol. The van der Waals surface area contributed by atoms with Crippen LogP contribution in [0.1, 0.15) is 0 Å². The fraction of sp³-hybridized carbons (Fsp3) is 0.250. The lowest BCUT2D eigenvalue weighted by atomic mass is 10.7. The van der Waals surface area contributed by atoms with Crippen molar-refractivity contribution in [2.24, 2.45) is 0 Å². The van der Waals surface area contributed by atoms with Gasteiger partial charge in [-0.2, -0.15) is 9.90 Å². The molecule has 0 atom stereocenters. The Bertz CT molecular complexity index is 246. The van der Waals surface area contributed by atoms with Gasteiger partial charge in [0.1, 0.15) is 4.60 Å². The zero-order chi connectivity index (χ0) is 7.56. The van der Waals surface area contributed by atoms with Gasteiger partial charge in [-0.15, -0.1) is 5.10 Å². The Kier molecular flexibility index (Phi) is 2.00. The maximum absolute atomic E-state index is 10.1. The Morgan fingerprint density at radius 3 is 3.00 bits per heavy atom. The second-order valence-corrected chi connectivity index (χ2v) is 2.40. The normalized spacial score (nSPS) is 9.70. The van der Waals surface area contributed by atoms with Crippen LogP contribution in [-0.2, 0) is 11.3 Å². The Morgan fingerprint density at radius 1 is 1.90 bits per heavy atom. The molecule has 54 valence electrons. The van der Waals surface area contributed by atoms with E-state index in [9.17, 15) is 4.79 Å². The summed E-state index contributed by atoms with van der Waals surface area (Å²) in [6.07, 6.45) is 1.43. The number of aliphatic carboxylic acids is 1. The van der Waals surface area contributed by atoms with Crippen LogP contribution in [0.25, 0.3) is 0 Å². The lowest BCUT2D eigenvalue weighted by molar-refractivity contribution is -0.138. The summed E-state index contributed by atoms with van der Waals surface area (Å²) < 4.78 is 0.536. The zero-order valence-corrected chi connectivity index (χ0v) is 6.45. The summed E-state index contributed by atoms with van der Waals surface area (Å²) in [7, 11) is 0. The fourth-order valence-corrected chi connectivity index (χ4v) is 0.748. The number of halogens is 1. The highest BCUT2D eigenvalue weighted by Gasteiger charge is 2.00. The molecule has 0 fully saturated rings. The van der Waals surface area contributed by atoms with Crippen LogP contribution in [-0.4, -0.2) is 26.1 Å². The third kappa shape index (κ3) is 1.80. The van der Waals surface area contributed by atoms with Crippen LogP contribution in [0.2, 0.25) is 0 Å². The van der Waals surface area contributed by atoms with Crippen LogP contribution in [0.3, 0.4) is 0 Å². The van der Waals surface area contributed by atoms with Gasteiger partial charge in [-0.3, -0.25) is 4.79 Å². The molecule has 0 unspecified atom stereocenters. The van der Waals surface area contributed by atoms with Crippen LogP contribution in [0.5, 0.6) is 0 Å². The molecular formula is C4H4BrN3O2. The summed E-state index contributed by atoms with van der Waals surface area (Å²) in [5, 5.41) is 15.6. The van der Waals surface area contributed by atoms with E-state index in [0.29, 0.717) is 4.60 Å². The highest BCUT2D eigenvalue weighted by atomic mass is 79.9. The highest BCUT2D eigenvalue weighted by molar-refractivity contribution is 9.10. The molecule has 0 spiro atoms. The predicted octanol–water partition coefficient (Wildman–Crippen LogP) is 0.125. The van der Waals surface area contributed by atoms with Crippen LogP contribution >= 0.6 is 15.9 Å². The average molecular weight is 206 g/mol. The van der Waals surface area contributed by atoms with Gasteiger partial charge in [-0.25, -0.2) is 0 Å². The Balaban J connectivity index is 2.67. The largest absolute Gasteiger partial charge is 0.480 e. The van der Waals surface area contributed by atoms with Crippen LogP contribution < -0.4 is 0 Å². The first-order valence-corrected chi connectivity index (χ1v) is 3.25. The van der Waals surface area contributed by atoms with Crippen molar-refractivity contribution in [1.29, 1.82) is 0 Å². The molecule has 0 aliphatic rings. The molecule has 0 aliphatic carbocycles. The molecule has 1 rings (SSSR count). The smallest absolute Gasteiger partial charge is 0.327 e. The van der Waals surface area contributed by atoms with Crippen molar-refractivity contribution in [3.63, 3.8) is 0 Å². The fourth-order valence-electron chi connectivity index (χ4n) is 0.473. The van der Waals surface area contributed by atoms with Crippen LogP contribution in [0, 0.1) is 0 Å². The van der Waals surface area contributed by atoms with Gasteiger partial charge in [0.15, 0.2) is 6.54 Å². The number of carboxylic acids is 1. The minimum Gasteiger partial charge on any atom is -0.480 e. The third-order valence-electron chi connectivity index (χ3n) is 0.785. The molecule has 1 aromatic rings. The molecule has 0 saturated heterocycles. The lowest BCUT2D eigenvalue weighted by Crippen LogP contribution is -2.11. The SMILES string of the molecule is O=C(O)Cn1ncc(Br)n1. The molecule has 0 aromatic carbocycles. The van der Waals surface area contributed by atoms with Crippen LogP contribution in [0.4, 0.5) is 0 Å². The second-order valence-electron chi connectivity index (χ2n) is 1.59. The monoisotopic (exact) mass is 205 g/mol. The molecule has 0 amide bonds. The Morgan fingerprint density at radius 2 is 2.60 bits per heavy atom. The summed E-state index contributed by atoms with van der Waals surface area (Å²) in [5.41, 5.74) is 0. The molecule has 1 aromatic heterocycles. The van der Waals surface area contributed by atoms with Gasteiger partial charge >= 0.3 is 5.97 Å². The summed E-state index contributed by atoms with van der Waals surface area (Å²) in [6.45, 7) is -0.203. The number of rotatable bonds is 2. The maximum atomic E-state index is 10.1. The van der Waals surface area contributed by atoms with E-state index in [1.807, 2.05) is 0 Å². The van der Waals surface area contributed by atoms with E-state index >= 15 is 0 Å². The molecular weight excluding hydrogens is 202 g/mol.